The van der Waals surface area contributed by atoms with Gasteiger partial charge in [0, 0.05) is 11.3 Å². The number of hydrogen-bond donors (Lipinski definition) is 2. The molecule has 5 heteroatoms. The fourth-order valence-corrected chi connectivity index (χ4v) is 1.07. The summed E-state index contributed by atoms with van der Waals surface area (Å²) in [4.78, 5) is 21.4. The van der Waals surface area contributed by atoms with Gasteiger partial charge in [-0.15, -0.1) is 0 Å². The van der Waals surface area contributed by atoms with Crippen LogP contribution in [0.5, 0.6) is 0 Å². The van der Waals surface area contributed by atoms with Crippen LogP contribution >= 0.6 is 0 Å². The summed E-state index contributed by atoms with van der Waals surface area (Å²) in [6.45, 7) is 0. The van der Waals surface area contributed by atoms with Crippen molar-refractivity contribution in [1.29, 1.82) is 0 Å². The summed E-state index contributed by atoms with van der Waals surface area (Å²) in [5, 5.41) is 2.43. The average Bonchev–Trinajstić information content (AvgIpc) is 2.30. The third-order valence-electron chi connectivity index (χ3n) is 1.85. The van der Waals surface area contributed by atoms with Gasteiger partial charge in [-0.05, 0) is 24.3 Å². The summed E-state index contributed by atoms with van der Waals surface area (Å²) in [6, 6.07) is 6.17. The average molecular weight is 232 g/mol. The largest absolute Gasteiger partial charge is 0.468 e. The molecule has 1 aromatic carbocycles. The number of ether oxygens (including phenoxy) is 1. The van der Waals surface area contributed by atoms with Gasteiger partial charge in [0.15, 0.2) is 0 Å². The Kier molecular flexibility index (Phi) is 4.58. The number of nitrogens with one attached hydrogen (secondary N) is 1. The number of methoxy groups -OCH3 is 1. The molecule has 0 aromatic heterocycles. The minimum atomic E-state index is -0.616. The summed E-state index contributed by atoms with van der Waals surface area (Å²) in [5.74, 6) is 5.10. The number of urea groups is 1. The molecule has 0 fully saturated rings. The number of rotatable bonds is 2. The molecule has 1 rings (SSSR count). The highest BCUT2D eigenvalue weighted by Crippen LogP contribution is 2.08. The quantitative estimate of drug-likeness (QED) is 0.591. The van der Waals surface area contributed by atoms with Crippen LogP contribution in [-0.4, -0.2) is 19.1 Å². The Bertz CT molecular complexity index is 469. The molecule has 0 aliphatic rings. The number of carbonyl (C=O) groups excluding carboxylic acids is 2. The van der Waals surface area contributed by atoms with Gasteiger partial charge in [0.05, 0.1) is 7.11 Å². The summed E-state index contributed by atoms with van der Waals surface area (Å²) < 4.78 is 4.45. The fraction of sp³-hybridized carbons (Fsp3) is 0.167. The SMILES string of the molecule is COC(=O)CC#Cc1ccc(NC(N)=O)cc1. The van der Waals surface area contributed by atoms with Crippen molar-refractivity contribution in [2.24, 2.45) is 5.73 Å². The Hall–Kier alpha value is -2.48. The molecular weight excluding hydrogens is 220 g/mol. The number of benzene rings is 1. The first-order valence-corrected chi connectivity index (χ1v) is 4.84. The van der Waals surface area contributed by atoms with Crippen LogP contribution < -0.4 is 11.1 Å². The molecule has 0 unspecified atom stereocenters. The molecule has 0 heterocycles. The Morgan fingerprint density at radius 2 is 2.00 bits per heavy atom. The molecule has 17 heavy (non-hydrogen) atoms. The van der Waals surface area contributed by atoms with Gasteiger partial charge in [-0.1, -0.05) is 11.8 Å². The van der Waals surface area contributed by atoms with Gasteiger partial charge in [0.25, 0.3) is 0 Å². The second-order valence-electron chi connectivity index (χ2n) is 3.12. The minimum Gasteiger partial charge on any atom is -0.468 e. The Morgan fingerprint density at radius 1 is 1.35 bits per heavy atom. The van der Waals surface area contributed by atoms with Crippen molar-refractivity contribution in [3.63, 3.8) is 0 Å². The van der Waals surface area contributed by atoms with E-state index < -0.39 is 6.03 Å². The topological polar surface area (TPSA) is 81.4 Å². The molecule has 0 saturated heterocycles. The lowest BCUT2D eigenvalue weighted by molar-refractivity contribution is -0.139. The van der Waals surface area contributed by atoms with Crippen LogP contribution in [0.1, 0.15) is 12.0 Å². The van der Waals surface area contributed by atoms with Gasteiger partial charge in [-0.2, -0.15) is 0 Å². The summed E-state index contributed by atoms with van der Waals surface area (Å²) in [7, 11) is 1.31. The highest BCUT2D eigenvalue weighted by atomic mass is 16.5. The predicted octanol–water partition coefficient (Wildman–Crippen LogP) is 1.09. The molecular formula is C12H12N2O3. The van der Waals surface area contributed by atoms with Crippen LogP contribution in [0.25, 0.3) is 0 Å². The molecule has 0 saturated carbocycles. The van der Waals surface area contributed by atoms with E-state index >= 15 is 0 Å². The van der Waals surface area contributed by atoms with Crippen molar-refractivity contribution in [3.05, 3.63) is 29.8 Å². The molecule has 0 atom stereocenters. The van der Waals surface area contributed by atoms with Crippen molar-refractivity contribution < 1.29 is 14.3 Å². The van der Waals surface area contributed by atoms with Gasteiger partial charge in [-0.3, -0.25) is 4.79 Å². The molecule has 0 aliphatic carbocycles. The molecule has 5 nitrogen and oxygen atoms in total. The van der Waals surface area contributed by atoms with E-state index in [-0.39, 0.29) is 12.4 Å². The van der Waals surface area contributed by atoms with Crippen LogP contribution in [0.2, 0.25) is 0 Å². The van der Waals surface area contributed by atoms with Crippen molar-refractivity contribution >= 4 is 17.7 Å². The molecule has 2 amide bonds. The van der Waals surface area contributed by atoms with Crippen LogP contribution in [0.4, 0.5) is 10.5 Å². The minimum absolute atomic E-state index is 0.0534. The normalized spacial score (nSPS) is 8.76. The third-order valence-corrected chi connectivity index (χ3v) is 1.85. The second kappa shape index (κ2) is 6.18. The van der Waals surface area contributed by atoms with Crippen molar-refractivity contribution in [2.75, 3.05) is 12.4 Å². The first-order chi connectivity index (χ1) is 8.11. The van der Waals surface area contributed by atoms with E-state index in [2.05, 4.69) is 21.9 Å². The maximum atomic E-state index is 10.8. The van der Waals surface area contributed by atoms with E-state index in [1.165, 1.54) is 7.11 Å². The van der Waals surface area contributed by atoms with E-state index in [1.54, 1.807) is 24.3 Å². The van der Waals surface area contributed by atoms with Crippen LogP contribution in [0, 0.1) is 11.8 Å². The molecule has 88 valence electrons. The van der Waals surface area contributed by atoms with E-state index in [0.29, 0.717) is 5.69 Å². The molecule has 0 spiro atoms. The number of esters is 1. The lowest BCUT2D eigenvalue weighted by Gasteiger charge is -2.00. The predicted molar refractivity (Wildman–Crippen MR) is 63.2 cm³/mol. The van der Waals surface area contributed by atoms with E-state index in [9.17, 15) is 9.59 Å². The first kappa shape index (κ1) is 12.6. The van der Waals surface area contributed by atoms with Crippen molar-refractivity contribution in [1.82, 2.24) is 0 Å². The summed E-state index contributed by atoms with van der Waals surface area (Å²) in [6.07, 6.45) is 0.0534. The van der Waals surface area contributed by atoms with E-state index in [0.717, 1.165) is 5.56 Å². The van der Waals surface area contributed by atoms with E-state index in [1.807, 2.05) is 0 Å². The number of nitrogens with two attached hydrogens (primary N) is 1. The molecule has 0 radical (unpaired) electrons. The number of anilines is 1. The monoisotopic (exact) mass is 232 g/mol. The maximum absolute atomic E-state index is 10.8. The Morgan fingerprint density at radius 3 is 2.53 bits per heavy atom. The molecule has 0 bridgehead atoms. The highest BCUT2D eigenvalue weighted by Gasteiger charge is 1.96. The van der Waals surface area contributed by atoms with Gasteiger partial charge >= 0.3 is 12.0 Å². The molecule has 3 N–H and O–H groups in total. The zero-order valence-electron chi connectivity index (χ0n) is 9.32. The number of amides is 2. The van der Waals surface area contributed by atoms with Gasteiger partial charge in [-0.25, -0.2) is 4.79 Å². The smallest absolute Gasteiger partial charge is 0.317 e. The zero-order chi connectivity index (χ0) is 12.7. The first-order valence-electron chi connectivity index (χ1n) is 4.84. The Balaban J connectivity index is 2.62. The highest BCUT2D eigenvalue weighted by molar-refractivity contribution is 5.87. The van der Waals surface area contributed by atoms with Crippen molar-refractivity contribution in [2.45, 2.75) is 6.42 Å². The van der Waals surface area contributed by atoms with Crippen molar-refractivity contribution in [3.8, 4) is 11.8 Å². The van der Waals surface area contributed by atoms with Crippen LogP contribution in [0.15, 0.2) is 24.3 Å². The summed E-state index contributed by atoms with van der Waals surface area (Å²) >= 11 is 0. The van der Waals surface area contributed by atoms with Crippen LogP contribution in [0.3, 0.4) is 0 Å². The number of carbonyl (C=O) groups is 2. The lowest BCUT2D eigenvalue weighted by atomic mass is 10.2. The number of primary amides is 1. The fourth-order valence-electron chi connectivity index (χ4n) is 1.07. The lowest BCUT2D eigenvalue weighted by Crippen LogP contribution is -2.19. The summed E-state index contributed by atoms with van der Waals surface area (Å²) in [5.41, 5.74) is 6.30. The Labute approximate surface area is 98.9 Å². The zero-order valence-corrected chi connectivity index (χ0v) is 9.32. The van der Waals surface area contributed by atoms with Gasteiger partial charge < -0.3 is 15.8 Å². The van der Waals surface area contributed by atoms with Gasteiger partial charge in [0.1, 0.15) is 6.42 Å². The van der Waals surface area contributed by atoms with E-state index in [4.69, 9.17) is 5.73 Å². The molecule has 0 aliphatic heterocycles. The maximum Gasteiger partial charge on any atom is 0.317 e. The third kappa shape index (κ3) is 4.71. The number of hydrogen-bond acceptors (Lipinski definition) is 3. The van der Waals surface area contributed by atoms with Crippen LogP contribution in [-0.2, 0) is 9.53 Å². The standard InChI is InChI=1S/C12H12N2O3/c1-17-11(15)4-2-3-9-5-7-10(8-6-9)14-12(13)16/h5-8H,4H2,1H3,(H3,13,14,16). The van der Waals surface area contributed by atoms with Gasteiger partial charge in [0.2, 0.25) is 0 Å². The molecule has 1 aromatic rings. The second-order valence-corrected chi connectivity index (χ2v) is 3.12.